The quantitative estimate of drug-likeness (QED) is 0.894. The van der Waals surface area contributed by atoms with Gasteiger partial charge in [0, 0.05) is 5.02 Å². The fourth-order valence-corrected chi connectivity index (χ4v) is 3.17. The molecule has 1 heterocycles. The minimum Gasteiger partial charge on any atom is -0.487 e. The van der Waals surface area contributed by atoms with Crippen molar-refractivity contribution in [3.8, 4) is 5.75 Å². The average molecular weight is 334 g/mol. The molecule has 0 bridgehead atoms. The van der Waals surface area contributed by atoms with Crippen LogP contribution in [-0.4, -0.2) is 26.2 Å². The van der Waals surface area contributed by atoms with E-state index in [1.807, 2.05) is 18.2 Å². The number of hydrogen-bond donors (Lipinski definition) is 1. The van der Waals surface area contributed by atoms with E-state index in [1.54, 1.807) is 4.90 Å². The van der Waals surface area contributed by atoms with Crippen molar-refractivity contribution in [1.82, 2.24) is 0 Å². The topological polar surface area (TPSA) is 13.7 Å². The normalized spacial score (nSPS) is 17.4. The first-order chi connectivity index (χ1) is 8.75. The summed E-state index contributed by atoms with van der Waals surface area (Å²) in [5, 5.41) is 0.729. The zero-order valence-corrected chi connectivity index (χ0v) is 12.9. The number of quaternary nitrogens is 1. The summed E-state index contributed by atoms with van der Waals surface area (Å²) in [4.78, 5) is 1.68. The Morgan fingerprint density at radius 3 is 2.56 bits per heavy atom. The van der Waals surface area contributed by atoms with Gasteiger partial charge in [0.05, 0.1) is 17.6 Å². The van der Waals surface area contributed by atoms with Crippen LogP contribution in [0.15, 0.2) is 22.7 Å². The zero-order chi connectivity index (χ0) is 12.8. The number of ether oxygens (including phenoxy) is 1. The molecule has 0 saturated carbocycles. The Bertz CT molecular complexity index is 378. The molecular weight excluding hydrogens is 314 g/mol. The van der Waals surface area contributed by atoms with Crippen LogP contribution in [0.3, 0.4) is 0 Å². The maximum Gasteiger partial charge on any atom is 0.137 e. The van der Waals surface area contributed by atoms with E-state index in [0.29, 0.717) is 0 Å². The molecule has 0 atom stereocenters. The van der Waals surface area contributed by atoms with Crippen LogP contribution in [0.1, 0.15) is 25.7 Å². The van der Waals surface area contributed by atoms with Crippen LogP contribution in [0.5, 0.6) is 5.75 Å². The van der Waals surface area contributed by atoms with Crippen LogP contribution < -0.4 is 9.64 Å². The molecule has 0 unspecified atom stereocenters. The van der Waals surface area contributed by atoms with Gasteiger partial charge in [-0.2, -0.15) is 0 Å². The third kappa shape index (κ3) is 4.45. The van der Waals surface area contributed by atoms with Gasteiger partial charge in [-0.15, -0.1) is 0 Å². The fourth-order valence-electron chi connectivity index (χ4n) is 2.38. The Morgan fingerprint density at radius 2 is 1.89 bits per heavy atom. The molecule has 18 heavy (non-hydrogen) atoms. The number of hydrogen-bond acceptors (Lipinski definition) is 1. The summed E-state index contributed by atoms with van der Waals surface area (Å²) in [6.07, 6.45) is 5.51. The second kappa shape index (κ2) is 7.37. The lowest BCUT2D eigenvalue weighted by atomic mass is 10.2. The predicted molar refractivity (Wildman–Crippen MR) is 78.7 cm³/mol. The molecule has 1 aliphatic rings. The van der Waals surface area contributed by atoms with E-state index >= 15 is 0 Å². The fraction of sp³-hybridized carbons (Fsp3) is 0.571. The zero-order valence-electron chi connectivity index (χ0n) is 10.6. The van der Waals surface area contributed by atoms with Crippen LogP contribution in [0.25, 0.3) is 0 Å². The van der Waals surface area contributed by atoms with Gasteiger partial charge < -0.3 is 9.64 Å². The van der Waals surface area contributed by atoms with Gasteiger partial charge >= 0.3 is 0 Å². The lowest BCUT2D eigenvalue weighted by Crippen LogP contribution is -3.12. The minimum absolute atomic E-state index is 0.729. The second-order valence-corrected chi connectivity index (χ2v) is 6.13. The molecule has 0 amide bonds. The Kier molecular flexibility index (Phi) is 5.80. The van der Waals surface area contributed by atoms with Crippen molar-refractivity contribution in [3.05, 3.63) is 27.7 Å². The number of benzene rings is 1. The summed E-state index contributed by atoms with van der Waals surface area (Å²) in [6.45, 7) is 4.46. The van der Waals surface area contributed by atoms with Gasteiger partial charge in [-0.05, 0) is 59.8 Å². The Labute approximate surface area is 122 Å². The molecule has 1 aliphatic heterocycles. The van der Waals surface area contributed by atoms with Crippen molar-refractivity contribution >= 4 is 27.5 Å². The van der Waals surface area contributed by atoms with E-state index in [1.165, 1.54) is 38.8 Å². The van der Waals surface area contributed by atoms with Crippen LogP contribution in [0.4, 0.5) is 0 Å². The summed E-state index contributed by atoms with van der Waals surface area (Å²) in [5.41, 5.74) is 0. The largest absolute Gasteiger partial charge is 0.487 e. The third-order valence-corrected chi connectivity index (χ3v) is 4.27. The van der Waals surface area contributed by atoms with E-state index in [0.717, 1.165) is 28.4 Å². The lowest BCUT2D eigenvalue weighted by molar-refractivity contribution is -0.899. The Morgan fingerprint density at radius 1 is 1.17 bits per heavy atom. The highest BCUT2D eigenvalue weighted by molar-refractivity contribution is 9.10. The van der Waals surface area contributed by atoms with Gasteiger partial charge in [-0.1, -0.05) is 11.6 Å². The highest BCUT2D eigenvalue weighted by atomic mass is 79.9. The molecule has 1 aromatic rings. The minimum atomic E-state index is 0.729. The molecule has 0 radical (unpaired) electrons. The second-order valence-electron chi connectivity index (χ2n) is 4.84. The van der Waals surface area contributed by atoms with Crippen molar-refractivity contribution in [2.75, 3.05) is 26.2 Å². The number of halogens is 2. The summed E-state index contributed by atoms with van der Waals surface area (Å²) >= 11 is 9.37. The van der Waals surface area contributed by atoms with Crippen molar-refractivity contribution < 1.29 is 9.64 Å². The van der Waals surface area contributed by atoms with E-state index in [2.05, 4.69) is 15.9 Å². The summed E-state index contributed by atoms with van der Waals surface area (Å²) < 4.78 is 6.74. The number of rotatable bonds is 4. The van der Waals surface area contributed by atoms with Crippen LogP contribution in [0.2, 0.25) is 5.02 Å². The highest BCUT2D eigenvalue weighted by Gasteiger charge is 2.12. The van der Waals surface area contributed by atoms with Gasteiger partial charge in [-0.25, -0.2) is 0 Å². The molecule has 1 N–H and O–H groups in total. The first-order valence-corrected chi connectivity index (χ1v) is 7.84. The Balaban J connectivity index is 1.77. The number of likely N-dealkylation sites (tertiary alicyclic amines) is 1. The molecule has 2 rings (SSSR count). The van der Waals surface area contributed by atoms with Gasteiger partial charge in [-0.3, -0.25) is 0 Å². The molecule has 4 heteroatoms. The first-order valence-electron chi connectivity index (χ1n) is 6.67. The molecule has 0 aliphatic carbocycles. The predicted octanol–water partition coefficient (Wildman–Crippen LogP) is 2.94. The molecule has 0 spiro atoms. The van der Waals surface area contributed by atoms with Gasteiger partial charge in [0.25, 0.3) is 0 Å². The van der Waals surface area contributed by atoms with E-state index in [4.69, 9.17) is 16.3 Å². The maximum absolute atomic E-state index is 5.90. The highest BCUT2D eigenvalue weighted by Crippen LogP contribution is 2.27. The maximum atomic E-state index is 5.90. The lowest BCUT2D eigenvalue weighted by Gasteiger charge is -2.17. The van der Waals surface area contributed by atoms with Gasteiger partial charge in [0.1, 0.15) is 18.9 Å². The summed E-state index contributed by atoms with van der Waals surface area (Å²) in [7, 11) is 0. The van der Waals surface area contributed by atoms with Crippen LogP contribution >= 0.6 is 27.5 Å². The molecule has 1 aromatic carbocycles. The smallest absolute Gasteiger partial charge is 0.137 e. The van der Waals surface area contributed by atoms with E-state index in [-0.39, 0.29) is 0 Å². The van der Waals surface area contributed by atoms with Crippen molar-refractivity contribution in [1.29, 1.82) is 0 Å². The average Bonchev–Trinajstić information content (AvgIpc) is 2.60. The molecular formula is C14H20BrClNO+. The monoisotopic (exact) mass is 332 g/mol. The van der Waals surface area contributed by atoms with Gasteiger partial charge in [0.15, 0.2) is 0 Å². The Hall–Kier alpha value is -0.250. The molecule has 1 fully saturated rings. The van der Waals surface area contributed by atoms with Crippen molar-refractivity contribution in [2.24, 2.45) is 0 Å². The molecule has 2 nitrogen and oxygen atoms in total. The van der Waals surface area contributed by atoms with Crippen molar-refractivity contribution in [3.63, 3.8) is 0 Å². The molecule has 1 saturated heterocycles. The standard InChI is InChI=1S/C14H19BrClNO/c15-13-11-12(16)5-6-14(13)18-10-9-17-7-3-1-2-4-8-17/h5-6,11H,1-4,7-10H2/p+1. The van der Waals surface area contributed by atoms with Crippen LogP contribution in [0, 0.1) is 0 Å². The first kappa shape index (κ1) is 14.2. The SMILES string of the molecule is Clc1ccc(OCC[NH+]2CCCCCC2)c(Br)c1. The third-order valence-electron chi connectivity index (χ3n) is 3.42. The van der Waals surface area contributed by atoms with Crippen molar-refractivity contribution in [2.45, 2.75) is 25.7 Å². The van der Waals surface area contributed by atoms with E-state index < -0.39 is 0 Å². The number of nitrogens with one attached hydrogen (secondary N) is 1. The van der Waals surface area contributed by atoms with Crippen LogP contribution in [-0.2, 0) is 0 Å². The van der Waals surface area contributed by atoms with E-state index in [9.17, 15) is 0 Å². The molecule has 0 aromatic heterocycles. The summed E-state index contributed by atoms with van der Waals surface area (Å²) in [6, 6.07) is 5.65. The van der Waals surface area contributed by atoms with Gasteiger partial charge in [0.2, 0.25) is 0 Å². The molecule has 100 valence electrons. The summed E-state index contributed by atoms with van der Waals surface area (Å²) in [5.74, 6) is 0.883.